The van der Waals surface area contributed by atoms with Crippen LogP contribution in [-0.4, -0.2) is 27.6 Å². The summed E-state index contributed by atoms with van der Waals surface area (Å²) in [4.78, 5) is 12.5. The Kier molecular flexibility index (Phi) is 5.06. The first-order chi connectivity index (χ1) is 10.8. The van der Waals surface area contributed by atoms with Crippen molar-refractivity contribution in [3.63, 3.8) is 0 Å². The predicted molar refractivity (Wildman–Crippen MR) is 90.9 cm³/mol. The SMILES string of the molecule is CC(NC(C)(C)Cc1ccccc1)C(=O)c1ccc(O)c(O)c1. The van der Waals surface area contributed by atoms with Gasteiger partial charge in [0.15, 0.2) is 17.3 Å². The maximum Gasteiger partial charge on any atom is 0.179 e. The van der Waals surface area contributed by atoms with Gasteiger partial charge >= 0.3 is 0 Å². The van der Waals surface area contributed by atoms with Gasteiger partial charge in [-0.3, -0.25) is 4.79 Å². The molecule has 0 aliphatic carbocycles. The standard InChI is InChI=1S/C19H23NO3/c1-13(18(23)15-9-10-16(21)17(22)11-15)20-19(2,3)12-14-7-5-4-6-8-14/h4-11,13,20-22H,12H2,1-3H3. The number of rotatable bonds is 6. The van der Waals surface area contributed by atoms with E-state index in [0.29, 0.717) is 5.56 Å². The normalized spacial score (nSPS) is 12.8. The summed E-state index contributed by atoms with van der Waals surface area (Å²) in [7, 11) is 0. The van der Waals surface area contributed by atoms with Crippen LogP contribution in [0.2, 0.25) is 0 Å². The van der Waals surface area contributed by atoms with Crippen LogP contribution in [-0.2, 0) is 6.42 Å². The number of aromatic hydroxyl groups is 2. The van der Waals surface area contributed by atoms with E-state index in [1.54, 1.807) is 6.92 Å². The molecule has 4 nitrogen and oxygen atoms in total. The summed E-state index contributed by atoms with van der Waals surface area (Å²) in [5.74, 6) is -0.639. The Morgan fingerprint density at radius 1 is 1.09 bits per heavy atom. The van der Waals surface area contributed by atoms with Crippen LogP contribution < -0.4 is 5.32 Å². The van der Waals surface area contributed by atoms with Gasteiger partial charge in [-0.25, -0.2) is 0 Å². The molecule has 122 valence electrons. The number of Topliss-reactive ketones (excluding diaryl/α,β-unsaturated/α-hetero) is 1. The van der Waals surface area contributed by atoms with Crippen LogP contribution in [0.3, 0.4) is 0 Å². The summed E-state index contributed by atoms with van der Waals surface area (Å²) in [5, 5.41) is 22.2. The number of phenolic OH excluding ortho intramolecular Hbond substituents is 2. The van der Waals surface area contributed by atoms with Crippen molar-refractivity contribution in [1.29, 1.82) is 0 Å². The smallest absolute Gasteiger partial charge is 0.179 e. The van der Waals surface area contributed by atoms with Gasteiger partial charge in [-0.1, -0.05) is 30.3 Å². The van der Waals surface area contributed by atoms with Crippen LogP contribution in [0.5, 0.6) is 11.5 Å². The number of benzene rings is 2. The van der Waals surface area contributed by atoms with Crippen LogP contribution in [0.25, 0.3) is 0 Å². The van der Waals surface area contributed by atoms with Crippen molar-refractivity contribution in [2.45, 2.75) is 38.8 Å². The van der Waals surface area contributed by atoms with Gasteiger partial charge in [-0.2, -0.15) is 0 Å². The molecule has 0 spiro atoms. The van der Waals surface area contributed by atoms with Gasteiger partial charge in [0.25, 0.3) is 0 Å². The third kappa shape index (κ3) is 4.57. The van der Waals surface area contributed by atoms with Gasteiger partial charge in [0.05, 0.1) is 6.04 Å². The van der Waals surface area contributed by atoms with Crippen molar-refractivity contribution in [2.75, 3.05) is 0 Å². The average molecular weight is 313 g/mol. The lowest BCUT2D eigenvalue weighted by atomic mass is 9.93. The first-order valence-corrected chi connectivity index (χ1v) is 7.66. The summed E-state index contributed by atoms with van der Waals surface area (Å²) in [5.41, 5.74) is 1.32. The topological polar surface area (TPSA) is 69.6 Å². The zero-order valence-corrected chi connectivity index (χ0v) is 13.7. The molecule has 0 aliphatic rings. The van der Waals surface area contributed by atoms with Crippen molar-refractivity contribution in [3.8, 4) is 11.5 Å². The third-order valence-corrected chi connectivity index (χ3v) is 3.75. The Bertz CT molecular complexity index is 680. The maximum atomic E-state index is 12.5. The molecule has 0 saturated heterocycles. The minimum Gasteiger partial charge on any atom is -0.504 e. The molecular weight excluding hydrogens is 290 g/mol. The van der Waals surface area contributed by atoms with Gasteiger partial charge in [-0.05, 0) is 51.0 Å². The summed E-state index contributed by atoms with van der Waals surface area (Å²) in [6.45, 7) is 5.91. The van der Waals surface area contributed by atoms with E-state index >= 15 is 0 Å². The molecule has 23 heavy (non-hydrogen) atoms. The lowest BCUT2D eigenvalue weighted by Crippen LogP contribution is -2.49. The molecule has 0 amide bonds. The van der Waals surface area contributed by atoms with Gasteiger partial charge in [-0.15, -0.1) is 0 Å². The highest BCUT2D eigenvalue weighted by atomic mass is 16.3. The van der Waals surface area contributed by atoms with Crippen molar-refractivity contribution in [1.82, 2.24) is 5.32 Å². The minimum atomic E-state index is -0.405. The Balaban J connectivity index is 2.06. The Morgan fingerprint density at radius 3 is 2.35 bits per heavy atom. The molecule has 0 bridgehead atoms. The van der Waals surface area contributed by atoms with Gasteiger partial charge in [0.2, 0.25) is 0 Å². The second kappa shape index (κ2) is 6.84. The van der Waals surface area contributed by atoms with E-state index in [1.807, 2.05) is 18.2 Å². The quantitative estimate of drug-likeness (QED) is 0.565. The fraction of sp³-hybridized carbons (Fsp3) is 0.316. The maximum absolute atomic E-state index is 12.5. The van der Waals surface area contributed by atoms with Crippen LogP contribution >= 0.6 is 0 Å². The fourth-order valence-electron chi connectivity index (χ4n) is 2.74. The van der Waals surface area contributed by atoms with Crippen LogP contribution in [0.1, 0.15) is 36.7 Å². The summed E-state index contributed by atoms with van der Waals surface area (Å²) in [6.07, 6.45) is 0.798. The number of carbonyl (C=O) groups excluding carboxylic acids is 1. The molecule has 0 heterocycles. The molecular formula is C19H23NO3. The number of ketones is 1. The zero-order valence-electron chi connectivity index (χ0n) is 13.7. The van der Waals surface area contributed by atoms with Crippen molar-refractivity contribution >= 4 is 5.78 Å². The van der Waals surface area contributed by atoms with Gasteiger partial charge in [0.1, 0.15) is 0 Å². The van der Waals surface area contributed by atoms with E-state index in [4.69, 9.17) is 0 Å². The van der Waals surface area contributed by atoms with Crippen LogP contribution in [0, 0.1) is 0 Å². The molecule has 2 aromatic carbocycles. The number of nitrogens with one attached hydrogen (secondary N) is 1. The summed E-state index contributed by atoms with van der Waals surface area (Å²) >= 11 is 0. The Hall–Kier alpha value is -2.33. The molecule has 4 heteroatoms. The van der Waals surface area contributed by atoms with Crippen molar-refractivity contribution < 1.29 is 15.0 Å². The number of phenols is 2. The van der Waals surface area contributed by atoms with E-state index in [2.05, 4.69) is 31.3 Å². The monoisotopic (exact) mass is 313 g/mol. The first-order valence-electron chi connectivity index (χ1n) is 7.66. The number of hydrogen-bond acceptors (Lipinski definition) is 4. The van der Waals surface area contributed by atoms with E-state index in [0.717, 1.165) is 6.42 Å². The zero-order chi connectivity index (χ0) is 17.0. The molecule has 2 rings (SSSR count). The molecule has 0 fully saturated rings. The summed E-state index contributed by atoms with van der Waals surface area (Å²) in [6, 6.07) is 13.8. The molecule has 0 saturated carbocycles. The van der Waals surface area contributed by atoms with Crippen molar-refractivity contribution in [3.05, 3.63) is 59.7 Å². The third-order valence-electron chi connectivity index (χ3n) is 3.75. The fourth-order valence-corrected chi connectivity index (χ4v) is 2.74. The van der Waals surface area contributed by atoms with Gasteiger partial charge in [0, 0.05) is 11.1 Å². The minimum absolute atomic E-state index is 0.124. The van der Waals surface area contributed by atoms with E-state index < -0.39 is 6.04 Å². The average Bonchev–Trinajstić information content (AvgIpc) is 2.49. The summed E-state index contributed by atoms with van der Waals surface area (Å²) < 4.78 is 0. The highest BCUT2D eigenvalue weighted by molar-refractivity contribution is 6.00. The first kappa shape index (κ1) is 17.0. The van der Waals surface area contributed by atoms with E-state index in [9.17, 15) is 15.0 Å². The van der Waals surface area contributed by atoms with Crippen LogP contribution in [0.15, 0.2) is 48.5 Å². The molecule has 1 atom stereocenters. The molecule has 2 aromatic rings. The van der Waals surface area contributed by atoms with Gasteiger partial charge < -0.3 is 15.5 Å². The number of carbonyl (C=O) groups is 1. The lowest BCUT2D eigenvalue weighted by molar-refractivity contribution is 0.0932. The van der Waals surface area contributed by atoms with E-state index in [1.165, 1.54) is 23.8 Å². The molecule has 3 N–H and O–H groups in total. The lowest BCUT2D eigenvalue weighted by Gasteiger charge is -2.30. The molecule has 0 aromatic heterocycles. The van der Waals surface area contributed by atoms with E-state index in [-0.39, 0.29) is 22.8 Å². The predicted octanol–water partition coefficient (Wildman–Crippen LogP) is 3.28. The second-order valence-electron chi connectivity index (χ2n) is 6.48. The molecule has 0 radical (unpaired) electrons. The highest BCUT2D eigenvalue weighted by Crippen LogP contribution is 2.25. The number of hydrogen-bond donors (Lipinski definition) is 3. The Labute approximate surface area is 136 Å². The second-order valence-corrected chi connectivity index (χ2v) is 6.48. The molecule has 0 aliphatic heterocycles. The highest BCUT2D eigenvalue weighted by Gasteiger charge is 2.25. The Morgan fingerprint density at radius 2 is 1.74 bits per heavy atom. The largest absolute Gasteiger partial charge is 0.504 e. The van der Waals surface area contributed by atoms with Crippen LogP contribution in [0.4, 0.5) is 0 Å². The van der Waals surface area contributed by atoms with Crippen molar-refractivity contribution in [2.24, 2.45) is 0 Å². The molecule has 1 unspecified atom stereocenters.